The standard InChI is InChI=1S/C30H34FN5O4/c1-6-30(2,3)32-29(38)28(23-16-15-22(39-4)17-26(23)40-5)35(18-20-11-13-21(31)14-12-20)27(37)19-36-25-10-8-7-9-24(25)33-34-36/h7-17,28H,6,18-19H2,1-5H3,(H,32,38)/t28-/m1/s1. The minimum absolute atomic E-state index is 0.0333. The monoisotopic (exact) mass is 547 g/mol. The molecule has 2 amide bonds. The summed E-state index contributed by atoms with van der Waals surface area (Å²) in [4.78, 5) is 29.6. The number of fused-ring (bicyclic) bond motifs is 1. The molecule has 9 nitrogen and oxygen atoms in total. The third-order valence-electron chi connectivity index (χ3n) is 6.93. The Balaban J connectivity index is 1.83. The van der Waals surface area contributed by atoms with Crippen LogP contribution in [0.25, 0.3) is 11.0 Å². The molecule has 0 unspecified atom stereocenters. The Morgan fingerprint density at radius 3 is 2.45 bits per heavy atom. The highest BCUT2D eigenvalue weighted by molar-refractivity contribution is 5.90. The number of para-hydroxylation sites is 1. The minimum Gasteiger partial charge on any atom is -0.497 e. The second kappa shape index (κ2) is 12.1. The molecule has 0 spiro atoms. The van der Waals surface area contributed by atoms with Gasteiger partial charge in [-0.15, -0.1) is 5.10 Å². The summed E-state index contributed by atoms with van der Waals surface area (Å²) in [5, 5.41) is 11.4. The quantitative estimate of drug-likeness (QED) is 0.293. The summed E-state index contributed by atoms with van der Waals surface area (Å²) < 4.78 is 26.3. The molecule has 0 saturated carbocycles. The smallest absolute Gasteiger partial charge is 0.248 e. The summed E-state index contributed by atoms with van der Waals surface area (Å²) in [6, 6.07) is 17.2. The predicted octanol–water partition coefficient (Wildman–Crippen LogP) is 4.66. The van der Waals surface area contributed by atoms with Gasteiger partial charge in [-0.2, -0.15) is 0 Å². The molecule has 0 saturated heterocycles. The van der Waals surface area contributed by atoms with Gasteiger partial charge in [0.25, 0.3) is 0 Å². The normalized spacial score (nSPS) is 12.2. The van der Waals surface area contributed by atoms with Crippen molar-refractivity contribution < 1.29 is 23.5 Å². The number of aromatic nitrogens is 3. The van der Waals surface area contributed by atoms with Gasteiger partial charge in [0.2, 0.25) is 11.8 Å². The number of halogens is 1. The van der Waals surface area contributed by atoms with Crippen molar-refractivity contribution in [2.75, 3.05) is 14.2 Å². The fraction of sp³-hybridized carbons (Fsp3) is 0.333. The number of benzene rings is 3. The molecule has 0 aliphatic rings. The molecule has 0 aliphatic carbocycles. The number of hydrogen-bond donors (Lipinski definition) is 1. The van der Waals surface area contributed by atoms with Crippen molar-refractivity contribution >= 4 is 22.8 Å². The van der Waals surface area contributed by atoms with Crippen LogP contribution < -0.4 is 14.8 Å². The van der Waals surface area contributed by atoms with E-state index in [9.17, 15) is 14.0 Å². The third kappa shape index (κ3) is 6.39. The van der Waals surface area contributed by atoms with Gasteiger partial charge in [-0.05, 0) is 62.2 Å². The number of carbonyl (C=O) groups excluding carboxylic acids is 2. The molecule has 0 aliphatic heterocycles. The van der Waals surface area contributed by atoms with Crippen molar-refractivity contribution in [2.45, 2.75) is 51.9 Å². The van der Waals surface area contributed by atoms with Gasteiger partial charge in [-0.1, -0.05) is 36.4 Å². The molecule has 4 aromatic rings. The van der Waals surface area contributed by atoms with Crippen molar-refractivity contribution in [3.63, 3.8) is 0 Å². The lowest BCUT2D eigenvalue weighted by atomic mass is 9.97. The van der Waals surface area contributed by atoms with Crippen LogP contribution in [0.1, 0.15) is 44.4 Å². The Bertz CT molecular complexity index is 1490. The summed E-state index contributed by atoms with van der Waals surface area (Å²) in [5.74, 6) is -0.232. The van der Waals surface area contributed by atoms with Gasteiger partial charge in [0.1, 0.15) is 35.4 Å². The second-order valence-corrected chi connectivity index (χ2v) is 10.1. The fourth-order valence-corrected chi connectivity index (χ4v) is 4.35. The molecule has 0 radical (unpaired) electrons. The average molecular weight is 548 g/mol. The van der Waals surface area contributed by atoms with Crippen LogP contribution in [0.15, 0.2) is 66.7 Å². The molecule has 0 bridgehead atoms. The lowest BCUT2D eigenvalue weighted by Crippen LogP contribution is -2.50. The van der Waals surface area contributed by atoms with E-state index in [4.69, 9.17) is 9.47 Å². The first-order valence-corrected chi connectivity index (χ1v) is 13.0. The zero-order valence-corrected chi connectivity index (χ0v) is 23.3. The van der Waals surface area contributed by atoms with Gasteiger partial charge in [-0.3, -0.25) is 9.59 Å². The van der Waals surface area contributed by atoms with Gasteiger partial charge in [0, 0.05) is 23.7 Å². The molecule has 1 aromatic heterocycles. The van der Waals surface area contributed by atoms with E-state index in [1.165, 1.54) is 35.9 Å². The molecule has 210 valence electrons. The van der Waals surface area contributed by atoms with Crippen LogP contribution in [-0.4, -0.2) is 51.5 Å². The fourth-order valence-electron chi connectivity index (χ4n) is 4.35. The van der Waals surface area contributed by atoms with Gasteiger partial charge < -0.3 is 19.7 Å². The molecule has 1 N–H and O–H groups in total. The average Bonchev–Trinajstić information content (AvgIpc) is 3.36. The third-order valence-corrected chi connectivity index (χ3v) is 6.93. The first kappa shape index (κ1) is 28.5. The van der Waals surface area contributed by atoms with E-state index in [1.54, 1.807) is 30.3 Å². The molecular weight excluding hydrogens is 513 g/mol. The number of nitrogens with zero attached hydrogens (tertiary/aromatic N) is 4. The van der Waals surface area contributed by atoms with E-state index < -0.39 is 17.4 Å². The number of hydrogen-bond acceptors (Lipinski definition) is 6. The van der Waals surface area contributed by atoms with Crippen LogP contribution in [0.2, 0.25) is 0 Å². The first-order valence-electron chi connectivity index (χ1n) is 13.0. The van der Waals surface area contributed by atoms with Crippen molar-refractivity contribution in [2.24, 2.45) is 0 Å². The summed E-state index contributed by atoms with van der Waals surface area (Å²) in [7, 11) is 3.03. The van der Waals surface area contributed by atoms with Crippen LogP contribution in [-0.2, 0) is 22.7 Å². The van der Waals surface area contributed by atoms with Crippen LogP contribution in [0.4, 0.5) is 4.39 Å². The van der Waals surface area contributed by atoms with Gasteiger partial charge in [0.05, 0.1) is 19.7 Å². The highest BCUT2D eigenvalue weighted by Crippen LogP contribution is 2.35. The summed E-state index contributed by atoms with van der Waals surface area (Å²) >= 11 is 0. The Morgan fingerprint density at radius 2 is 1.77 bits per heavy atom. The molecule has 3 aromatic carbocycles. The van der Waals surface area contributed by atoms with Crippen molar-refractivity contribution in [1.29, 1.82) is 0 Å². The first-order chi connectivity index (χ1) is 19.2. The predicted molar refractivity (Wildman–Crippen MR) is 149 cm³/mol. The SMILES string of the molecule is CCC(C)(C)NC(=O)[C@@H](c1ccc(OC)cc1OC)N(Cc1ccc(F)cc1)C(=O)Cn1nnc2ccccc21. The number of rotatable bonds is 11. The summed E-state index contributed by atoms with van der Waals surface area (Å²) in [5.41, 5.74) is 1.93. The highest BCUT2D eigenvalue weighted by Gasteiger charge is 2.36. The number of nitrogens with one attached hydrogen (secondary N) is 1. The van der Waals surface area contributed by atoms with Crippen molar-refractivity contribution in [1.82, 2.24) is 25.2 Å². The maximum Gasteiger partial charge on any atom is 0.248 e. The number of carbonyl (C=O) groups is 2. The lowest BCUT2D eigenvalue weighted by Gasteiger charge is -2.35. The van der Waals surface area contributed by atoms with Gasteiger partial charge in [-0.25, -0.2) is 9.07 Å². The Hall–Kier alpha value is -4.47. The summed E-state index contributed by atoms with van der Waals surface area (Å²) in [6.07, 6.45) is 0.669. The highest BCUT2D eigenvalue weighted by atomic mass is 19.1. The zero-order valence-electron chi connectivity index (χ0n) is 23.3. The Kier molecular flexibility index (Phi) is 8.67. The van der Waals surface area contributed by atoms with Crippen LogP contribution in [0.5, 0.6) is 11.5 Å². The molecule has 4 rings (SSSR count). The van der Waals surface area contributed by atoms with Gasteiger partial charge in [0.15, 0.2) is 0 Å². The van der Waals surface area contributed by atoms with Crippen LogP contribution in [0.3, 0.4) is 0 Å². The summed E-state index contributed by atoms with van der Waals surface area (Å²) in [6.45, 7) is 5.68. The second-order valence-electron chi connectivity index (χ2n) is 10.1. The molecular formula is C30H34FN5O4. The molecule has 40 heavy (non-hydrogen) atoms. The lowest BCUT2D eigenvalue weighted by molar-refractivity contribution is -0.143. The van der Waals surface area contributed by atoms with Crippen molar-refractivity contribution in [3.8, 4) is 11.5 Å². The van der Waals surface area contributed by atoms with E-state index in [1.807, 2.05) is 45.0 Å². The largest absolute Gasteiger partial charge is 0.497 e. The molecule has 1 heterocycles. The van der Waals surface area contributed by atoms with E-state index in [-0.39, 0.29) is 24.9 Å². The Morgan fingerprint density at radius 1 is 1.05 bits per heavy atom. The van der Waals surface area contributed by atoms with Crippen molar-refractivity contribution in [3.05, 3.63) is 83.7 Å². The van der Waals surface area contributed by atoms with E-state index in [0.717, 1.165) is 0 Å². The Labute approximate surface area is 232 Å². The molecule has 1 atom stereocenters. The number of ether oxygens (including phenoxy) is 2. The minimum atomic E-state index is -1.08. The van der Waals surface area contributed by atoms with E-state index >= 15 is 0 Å². The van der Waals surface area contributed by atoms with Gasteiger partial charge >= 0.3 is 0 Å². The zero-order chi connectivity index (χ0) is 28.9. The topological polar surface area (TPSA) is 98.6 Å². The van der Waals surface area contributed by atoms with E-state index in [0.29, 0.717) is 40.1 Å². The molecule has 10 heteroatoms. The molecule has 0 fully saturated rings. The van der Waals surface area contributed by atoms with Crippen LogP contribution in [0, 0.1) is 5.82 Å². The maximum atomic E-state index is 14.1. The number of amides is 2. The maximum absolute atomic E-state index is 14.1. The number of methoxy groups -OCH3 is 2. The van der Waals surface area contributed by atoms with E-state index in [2.05, 4.69) is 15.6 Å². The van der Waals surface area contributed by atoms with Crippen LogP contribution >= 0.6 is 0 Å².